The molecule has 1 aromatic rings. The first-order valence-electron chi connectivity index (χ1n) is 6.90. The molecule has 1 fully saturated rings. The highest BCUT2D eigenvalue weighted by atomic mass is 19.1. The second-order valence-electron chi connectivity index (χ2n) is 5.55. The van der Waals surface area contributed by atoms with Crippen LogP contribution in [0.1, 0.15) is 44.6 Å². The molecule has 3 N–H and O–H groups in total. The molecule has 1 aliphatic carbocycles. The van der Waals surface area contributed by atoms with E-state index >= 15 is 0 Å². The summed E-state index contributed by atoms with van der Waals surface area (Å²) in [6.45, 7) is 4.06. The topological polar surface area (TPSA) is 38.0 Å². The van der Waals surface area contributed by atoms with Crippen molar-refractivity contribution in [2.24, 2.45) is 5.92 Å². The Morgan fingerprint density at radius 1 is 1.22 bits per heavy atom. The predicted octanol–water partition coefficient (Wildman–Crippen LogP) is 4.10. The number of halogens is 1. The molecule has 2 nitrogen and oxygen atoms in total. The lowest BCUT2D eigenvalue weighted by Gasteiger charge is -2.25. The average molecular weight is 250 g/mol. The Labute approximate surface area is 109 Å². The van der Waals surface area contributed by atoms with Crippen molar-refractivity contribution in [3.05, 3.63) is 23.5 Å². The van der Waals surface area contributed by atoms with Crippen molar-refractivity contribution in [3.63, 3.8) is 0 Å². The number of benzene rings is 1. The molecule has 0 aliphatic heterocycles. The van der Waals surface area contributed by atoms with Gasteiger partial charge in [-0.05, 0) is 43.4 Å². The van der Waals surface area contributed by atoms with Gasteiger partial charge < -0.3 is 11.1 Å². The number of aryl methyl sites for hydroxylation is 1. The Hall–Kier alpha value is -1.25. The molecule has 1 saturated carbocycles. The minimum atomic E-state index is -0.230. The minimum Gasteiger partial charge on any atom is -0.397 e. The average Bonchev–Trinajstić information content (AvgIpc) is 2.52. The number of nitrogens with one attached hydrogen (secondary N) is 1. The lowest BCUT2D eigenvalue weighted by atomic mass is 9.96. The number of anilines is 2. The third-order valence-electron chi connectivity index (χ3n) is 4.03. The fourth-order valence-electron chi connectivity index (χ4n) is 2.73. The molecule has 18 heavy (non-hydrogen) atoms. The maximum Gasteiger partial charge on any atom is 0.128 e. The van der Waals surface area contributed by atoms with Gasteiger partial charge in [0.15, 0.2) is 0 Å². The Bertz CT molecular complexity index is 417. The first kappa shape index (κ1) is 13.2. The van der Waals surface area contributed by atoms with E-state index in [2.05, 4.69) is 12.2 Å². The lowest BCUT2D eigenvalue weighted by molar-refractivity contribution is 0.457. The Balaban J connectivity index is 2.14. The van der Waals surface area contributed by atoms with Gasteiger partial charge >= 0.3 is 0 Å². The van der Waals surface area contributed by atoms with Crippen molar-refractivity contribution < 1.29 is 4.39 Å². The smallest absolute Gasteiger partial charge is 0.128 e. The van der Waals surface area contributed by atoms with Crippen molar-refractivity contribution in [1.82, 2.24) is 0 Å². The van der Waals surface area contributed by atoms with E-state index in [9.17, 15) is 4.39 Å². The zero-order chi connectivity index (χ0) is 13.1. The van der Waals surface area contributed by atoms with E-state index in [1.54, 1.807) is 6.92 Å². The van der Waals surface area contributed by atoms with E-state index in [1.165, 1.54) is 38.2 Å². The quantitative estimate of drug-likeness (QED) is 0.612. The first-order chi connectivity index (χ1) is 8.58. The van der Waals surface area contributed by atoms with Crippen molar-refractivity contribution in [2.75, 3.05) is 11.1 Å². The summed E-state index contributed by atoms with van der Waals surface area (Å²) in [6, 6.07) is 3.70. The van der Waals surface area contributed by atoms with Crippen LogP contribution < -0.4 is 11.1 Å². The minimum absolute atomic E-state index is 0.230. The summed E-state index contributed by atoms with van der Waals surface area (Å²) < 4.78 is 13.4. The highest BCUT2D eigenvalue weighted by molar-refractivity contribution is 5.67. The van der Waals surface area contributed by atoms with Gasteiger partial charge in [0.2, 0.25) is 0 Å². The number of nitrogen functional groups attached to an aromatic ring is 1. The fourth-order valence-corrected chi connectivity index (χ4v) is 2.73. The van der Waals surface area contributed by atoms with Crippen LogP contribution >= 0.6 is 0 Å². The zero-order valence-electron chi connectivity index (χ0n) is 11.3. The molecule has 0 heterocycles. The molecule has 2 atom stereocenters. The molecule has 0 spiro atoms. The summed E-state index contributed by atoms with van der Waals surface area (Å²) >= 11 is 0. The van der Waals surface area contributed by atoms with Gasteiger partial charge in [-0.3, -0.25) is 0 Å². The summed E-state index contributed by atoms with van der Waals surface area (Å²) in [4.78, 5) is 0. The van der Waals surface area contributed by atoms with Crippen molar-refractivity contribution in [2.45, 2.75) is 52.0 Å². The molecule has 0 bridgehead atoms. The molecule has 1 aromatic carbocycles. The van der Waals surface area contributed by atoms with Crippen LogP contribution in [0, 0.1) is 18.7 Å². The zero-order valence-corrected chi connectivity index (χ0v) is 11.3. The maximum absolute atomic E-state index is 13.4. The van der Waals surface area contributed by atoms with Gasteiger partial charge in [0.1, 0.15) is 5.82 Å². The van der Waals surface area contributed by atoms with E-state index in [-0.39, 0.29) is 5.82 Å². The SMILES string of the molecule is Cc1cc(NC2CCCCCC2C)c(N)cc1F. The van der Waals surface area contributed by atoms with E-state index in [0.717, 1.165) is 5.69 Å². The largest absolute Gasteiger partial charge is 0.397 e. The van der Waals surface area contributed by atoms with Gasteiger partial charge in [0.25, 0.3) is 0 Å². The highest BCUT2D eigenvalue weighted by Crippen LogP contribution is 2.29. The third-order valence-corrected chi connectivity index (χ3v) is 4.03. The second-order valence-corrected chi connectivity index (χ2v) is 5.55. The number of hydrogen-bond acceptors (Lipinski definition) is 2. The monoisotopic (exact) mass is 250 g/mol. The van der Waals surface area contributed by atoms with E-state index in [1.807, 2.05) is 6.07 Å². The summed E-state index contributed by atoms with van der Waals surface area (Å²) in [6.07, 6.45) is 6.34. The molecular weight excluding hydrogens is 227 g/mol. The normalized spacial score (nSPS) is 24.6. The molecule has 0 radical (unpaired) electrons. The maximum atomic E-state index is 13.4. The fraction of sp³-hybridized carbons (Fsp3) is 0.600. The molecule has 100 valence electrons. The van der Waals surface area contributed by atoms with Crippen LogP contribution in [0.2, 0.25) is 0 Å². The van der Waals surface area contributed by atoms with Gasteiger partial charge in [0, 0.05) is 6.04 Å². The number of rotatable bonds is 2. The van der Waals surface area contributed by atoms with Crippen LogP contribution in [0.25, 0.3) is 0 Å². The van der Waals surface area contributed by atoms with Gasteiger partial charge in [-0.25, -0.2) is 4.39 Å². The van der Waals surface area contributed by atoms with Crippen molar-refractivity contribution in [1.29, 1.82) is 0 Å². The molecule has 3 heteroatoms. The molecule has 0 amide bonds. The summed E-state index contributed by atoms with van der Waals surface area (Å²) in [5.41, 5.74) is 7.93. The van der Waals surface area contributed by atoms with Gasteiger partial charge in [0.05, 0.1) is 11.4 Å². The summed E-state index contributed by atoms with van der Waals surface area (Å²) in [5.74, 6) is 0.421. The molecular formula is C15H23FN2. The standard InChI is InChI=1S/C15H23FN2/c1-10-6-4-3-5-7-14(10)18-15-8-11(2)12(16)9-13(15)17/h8-10,14,18H,3-7,17H2,1-2H3. The molecule has 1 aliphatic rings. The van der Waals surface area contributed by atoms with E-state index in [4.69, 9.17) is 5.73 Å². The molecule has 0 aromatic heterocycles. The summed E-state index contributed by atoms with van der Waals surface area (Å²) in [5, 5.41) is 3.52. The Morgan fingerprint density at radius 3 is 2.72 bits per heavy atom. The van der Waals surface area contributed by atoms with Crippen molar-refractivity contribution >= 4 is 11.4 Å². The molecule has 0 saturated heterocycles. The predicted molar refractivity (Wildman–Crippen MR) is 75.2 cm³/mol. The Kier molecular flexibility index (Phi) is 4.10. The van der Waals surface area contributed by atoms with Gasteiger partial charge in [-0.1, -0.05) is 26.2 Å². The van der Waals surface area contributed by atoms with Crippen LogP contribution in [-0.4, -0.2) is 6.04 Å². The van der Waals surface area contributed by atoms with Crippen LogP contribution in [0.3, 0.4) is 0 Å². The van der Waals surface area contributed by atoms with Crippen LogP contribution in [-0.2, 0) is 0 Å². The van der Waals surface area contributed by atoms with Gasteiger partial charge in [-0.15, -0.1) is 0 Å². The third kappa shape index (κ3) is 2.95. The van der Waals surface area contributed by atoms with E-state index < -0.39 is 0 Å². The van der Waals surface area contributed by atoms with Crippen LogP contribution in [0.4, 0.5) is 15.8 Å². The van der Waals surface area contributed by atoms with Crippen LogP contribution in [0.5, 0.6) is 0 Å². The highest BCUT2D eigenvalue weighted by Gasteiger charge is 2.20. The molecule has 2 rings (SSSR count). The summed E-state index contributed by atoms with van der Waals surface area (Å²) in [7, 11) is 0. The number of nitrogens with two attached hydrogens (primary N) is 1. The van der Waals surface area contributed by atoms with Gasteiger partial charge in [-0.2, -0.15) is 0 Å². The van der Waals surface area contributed by atoms with Crippen LogP contribution in [0.15, 0.2) is 12.1 Å². The van der Waals surface area contributed by atoms with E-state index in [0.29, 0.717) is 23.2 Å². The Morgan fingerprint density at radius 2 is 1.94 bits per heavy atom. The molecule has 2 unspecified atom stereocenters. The second kappa shape index (κ2) is 5.59. The number of hydrogen-bond donors (Lipinski definition) is 2. The lowest BCUT2D eigenvalue weighted by Crippen LogP contribution is -2.26. The van der Waals surface area contributed by atoms with Crippen molar-refractivity contribution in [3.8, 4) is 0 Å². The first-order valence-corrected chi connectivity index (χ1v) is 6.90.